The van der Waals surface area contributed by atoms with Crippen molar-refractivity contribution in [2.75, 3.05) is 0 Å². The van der Waals surface area contributed by atoms with Gasteiger partial charge in [-0.3, -0.25) is 19.6 Å². The van der Waals surface area contributed by atoms with Crippen molar-refractivity contribution in [3.63, 3.8) is 0 Å². The topological polar surface area (TPSA) is 113 Å². The lowest BCUT2D eigenvalue weighted by Gasteiger charge is -2.04. The summed E-state index contributed by atoms with van der Waals surface area (Å²) in [6, 6.07) is 5.68. The first-order chi connectivity index (χ1) is 12.8. The second-order valence-electron chi connectivity index (χ2n) is 5.72. The molecule has 0 atom stereocenters. The number of carbonyl (C=O) groups excluding carboxylic acids is 1. The summed E-state index contributed by atoms with van der Waals surface area (Å²) < 4.78 is 24.7. The molecule has 0 radical (unpaired) electrons. The first kappa shape index (κ1) is 18.2. The van der Waals surface area contributed by atoms with E-state index in [1.807, 2.05) is 0 Å². The maximum Gasteiger partial charge on any atom is 0.328 e. The Bertz CT molecular complexity index is 993. The van der Waals surface area contributed by atoms with Gasteiger partial charge in [0.05, 0.1) is 11.1 Å². The van der Waals surface area contributed by atoms with Gasteiger partial charge in [-0.25, -0.2) is 9.37 Å². The molecule has 0 aliphatic rings. The number of hydrogen-bond acceptors (Lipinski definition) is 7. The molecular formula is C17H15FN4O5. The summed E-state index contributed by atoms with van der Waals surface area (Å²) in [6.07, 6.45) is 1.45. The van der Waals surface area contributed by atoms with Crippen LogP contribution in [0.5, 0.6) is 0 Å². The Labute approximate surface area is 152 Å². The Morgan fingerprint density at radius 2 is 2.04 bits per heavy atom. The summed E-state index contributed by atoms with van der Waals surface area (Å²) in [4.78, 5) is 26.4. The zero-order valence-corrected chi connectivity index (χ0v) is 14.5. The Balaban J connectivity index is 1.61. The highest BCUT2D eigenvalue weighted by molar-refractivity contribution is 5.69. The largest absolute Gasteiger partial charge is 0.454 e. The van der Waals surface area contributed by atoms with Crippen LogP contribution in [0.1, 0.15) is 17.3 Å². The van der Waals surface area contributed by atoms with Crippen LogP contribution in [0.15, 0.2) is 34.9 Å². The van der Waals surface area contributed by atoms with E-state index >= 15 is 0 Å². The van der Waals surface area contributed by atoms with E-state index in [2.05, 4.69) is 10.1 Å². The first-order valence-electron chi connectivity index (χ1n) is 7.90. The monoisotopic (exact) mass is 374 g/mol. The minimum atomic E-state index is -0.642. The standard InChI is InChI=1S/C17H15FN4O5/c1-10-17(22(24)25)11(2)21(20-10)8-16(23)26-9-15-19-7-14(27-15)12-3-5-13(18)6-4-12/h3-7H,8-9H2,1-2H3. The van der Waals surface area contributed by atoms with Crippen molar-refractivity contribution in [1.29, 1.82) is 0 Å². The number of nitrogens with zero attached hydrogens (tertiary/aromatic N) is 4. The molecule has 3 aromatic rings. The summed E-state index contributed by atoms with van der Waals surface area (Å²) in [5.41, 5.74) is 1.00. The van der Waals surface area contributed by atoms with Crippen LogP contribution in [-0.2, 0) is 22.7 Å². The SMILES string of the molecule is Cc1nn(CC(=O)OCc2ncc(-c3ccc(F)cc3)o2)c(C)c1[N+](=O)[O-]. The summed E-state index contributed by atoms with van der Waals surface area (Å²) in [7, 11) is 0. The molecule has 0 aliphatic carbocycles. The second kappa shape index (κ2) is 7.36. The third-order valence-corrected chi connectivity index (χ3v) is 3.84. The van der Waals surface area contributed by atoms with Gasteiger partial charge in [0, 0.05) is 5.56 Å². The van der Waals surface area contributed by atoms with Crippen molar-refractivity contribution in [3.8, 4) is 11.3 Å². The molecule has 27 heavy (non-hydrogen) atoms. The molecule has 3 rings (SSSR count). The second-order valence-corrected chi connectivity index (χ2v) is 5.72. The maximum absolute atomic E-state index is 12.9. The average molecular weight is 374 g/mol. The molecular weight excluding hydrogens is 359 g/mol. The number of esters is 1. The Morgan fingerprint density at radius 1 is 1.33 bits per heavy atom. The molecule has 0 saturated carbocycles. The van der Waals surface area contributed by atoms with Gasteiger partial charge in [0.25, 0.3) is 0 Å². The van der Waals surface area contributed by atoms with Crippen molar-refractivity contribution in [2.45, 2.75) is 27.0 Å². The lowest BCUT2D eigenvalue weighted by molar-refractivity contribution is -0.386. The average Bonchev–Trinajstić information content (AvgIpc) is 3.18. The van der Waals surface area contributed by atoms with Gasteiger partial charge in [-0.2, -0.15) is 5.10 Å². The van der Waals surface area contributed by atoms with Gasteiger partial charge in [-0.1, -0.05) is 0 Å². The fourth-order valence-corrected chi connectivity index (χ4v) is 2.54. The van der Waals surface area contributed by atoms with Crippen LogP contribution < -0.4 is 0 Å². The van der Waals surface area contributed by atoms with E-state index < -0.39 is 10.9 Å². The van der Waals surface area contributed by atoms with Crippen molar-refractivity contribution >= 4 is 11.7 Å². The van der Waals surface area contributed by atoms with E-state index in [1.54, 1.807) is 12.1 Å². The number of nitro groups is 1. The predicted molar refractivity (Wildman–Crippen MR) is 90.0 cm³/mol. The summed E-state index contributed by atoms with van der Waals surface area (Å²) in [5.74, 6) is -0.425. The van der Waals surface area contributed by atoms with Gasteiger partial charge < -0.3 is 9.15 Å². The van der Waals surface area contributed by atoms with E-state index in [0.717, 1.165) is 0 Å². The van der Waals surface area contributed by atoms with Gasteiger partial charge in [0.2, 0.25) is 5.89 Å². The molecule has 2 heterocycles. The van der Waals surface area contributed by atoms with Gasteiger partial charge in [-0.05, 0) is 38.1 Å². The molecule has 0 saturated heterocycles. The van der Waals surface area contributed by atoms with E-state index in [4.69, 9.17) is 9.15 Å². The number of hydrogen-bond donors (Lipinski definition) is 0. The van der Waals surface area contributed by atoms with Crippen molar-refractivity contribution in [1.82, 2.24) is 14.8 Å². The molecule has 9 nitrogen and oxygen atoms in total. The van der Waals surface area contributed by atoms with Crippen LogP contribution in [0.4, 0.5) is 10.1 Å². The van der Waals surface area contributed by atoms with Gasteiger partial charge in [0.1, 0.15) is 23.7 Å². The van der Waals surface area contributed by atoms with Gasteiger partial charge in [-0.15, -0.1) is 0 Å². The molecule has 1 aromatic carbocycles. The molecule has 0 amide bonds. The molecule has 0 N–H and O–H groups in total. The van der Waals surface area contributed by atoms with E-state index in [-0.39, 0.29) is 41.9 Å². The summed E-state index contributed by atoms with van der Waals surface area (Å²) >= 11 is 0. The molecule has 0 aliphatic heterocycles. The van der Waals surface area contributed by atoms with Crippen molar-refractivity contribution in [2.24, 2.45) is 0 Å². The highest BCUT2D eigenvalue weighted by Gasteiger charge is 2.23. The Kier molecular flexibility index (Phi) is 4.97. The lowest BCUT2D eigenvalue weighted by atomic mass is 10.2. The van der Waals surface area contributed by atoms with Crippen molar-refractivity contribution < 1.29 is 23.3 Å². The minimum Gasteiger partial charge on any atom is -0.454 e. The van der Waals surface area contributed by atoms with Crippen LogP contribution in [0.3, 0.4) is 0 Å². The molecule has 0 bridgehead atoms. The normalized spacial score (nSPS) is 10.8. The van der Waals surface area contributed by atoms with Crippen LogP contribution in [-0.4, -0.2) is 25.7 Å². The van der Waals surface area contributed by atoms with E-state index in [0.29, 0.717) is 11.3 Å². The highest BCUT2D eigenvalue weighted by atomic mass is 19.1. The molecule has 0 fully saturated rings. The number of carbonyl (C=O) groups is 1. The van der Waals surface area contributed by atoms with Gasteiger partial charge >= 0.3 is 11.7 Å². The fraction of sp³-hybridized carbons (Fsp3) is 0.235. The molecule has 0 spiro atoms. The number of oxazole rings is 1. The number of rotatable bonds is 6. The third kappa shape index (κ3) is 4.00. The smallest absolute Gasteiger partial charge is 0.328 e. The van der Waals surface area contributed by atoms with Crippen LogP contribution in [0, 0.1) is 29.8 Å². The van der Waals surface area contributed by atoms with Crippen LogP contribution in [0.25, 0.3) is 11.3 Å². The third-order valence-electron chi connectivity index (χ3n) is 3.84. The summed E-state index contributed by atoms with van der Waals surface area (Å²) in [6.45, 7) is 2.53. The number of halogens is 1. The van der Waals surface area contributed by atoms with Crippen molar-refractivity contribution in [3.05, 3.63) is 63.7 Å². The predicted octanol–water partition coefficient (Wildman–Crippen LogP) is 2.95. The number of ether oxygens (including phenoxy) is 1. The van der Waals surface area contributed by atoms with E-state index in [9.17, 15) is 19.3 Å². The Morgan fingerprint density at radius 3 is 2.67 bits per heavy atom. The van der Waals surface area contributed by atoms with Crippen LogP contribution in [0.2, 0.25) is 0 Å². The van der Waals surface area contributed by atoms with Gasteiger partial charge in [0.15, 0.2) is 12.4 Å². The molecule has 0 unspecified atom stereocenters. The molecule has 140 valence electrons. The van der Waals surface area contributed by atoms with E-state index in [1.165, 1.54) is 36.9 Å². The maximum atomic E-state index is 12.9. The highest BCUT2D eigenvalue weighted by Crippen LogP contribution is 2.22. The number of aryl methyl sites for hydroxylation is 1. The molecule has 10 heteroatoms. The quantitative estimate of drug-likeness (QED) is 0.370. The zero-order chi connectivity index (χ0) is 19.6. The minimum absolute atomic E-state index is 0.126. The lowest BCUT2D eigenvalue weighted by Crippen LogP contribution is -2.15. The van der Waals surface area contributed by atoms with Crippen LogP contribution >= 0.6 is 0 Å². The number of benzene rings is 1. The first-order valence-corrected chi connectivity index (χ1v) is 7.90. The Hall–Kier alpha value is -3.56. The molecule has 2 aromatic heterocycles. The fourth-order valence-electron chi connectivity index (χ4n) is 2.54. The number of aromatic nitrogens is 3. The zero-order valence-electron chi connectivity index (χ0n) is 14.5. The summed E-state index contributed by atoms with van der Waals surface area (Å²) in [5, 5.41) is 15.0.